The molecule has 1 aliphatic heterocycles. The van der Waals surface area contributed by atoms with E-state index in [9.17, 15) is 5.11 Å². The number of rotatable bonds is 14. The highest BCUT2D eigenvalue weighted by Crippen LogP contribution is 2.49. The Morgan fingerprint density at radius 2 is 1.18 bits per heavy atom. The molecule has 0 saturated heterocycles. The lowest BCUT2D eigenvalue weighted by Gasteiger charge is -2.48. The molecule has 7 aromatic rings. The van der Waals surface area contributed by atoms with Crippen LogP contribution < -0.4 is 31.0 Å². The molecule has 0 bridgehead atoms. The van der Waals surface area contributed by atoms with E-state index < -0.39 is 28.5 Å². The molecule has 1 aromatic heterocycles. The zero-order chi connectivity index (χ0) is 41.9. The van der Waals surface area contributed by atoms with Gasteiger partial charge in [0.1, 0.15) is 34.1 Å². The number of aromatic nitrogens is 2. The molecule has 304 valence electrons. The predicted octanol–water partition coefficient (Wildman–Crippen LogP) is 8.37. The molecule has 0 spiro atoms. The Morgan fingerprint density at radius 1 is 0.700 bits per heavy atom. The van der Waals surface area contributed by atoms with Gasteiger partial charge in [-0.2, -0.15) is 4.98 Å². The van der Waals surface area contributed by atoms with E-state index in [4.69, 9.17) is 24.9 Å². The Balaban J connectivity index is 1.37. The standard InChI is InChI=1S/C50H49N5O5/c1-35(56)33-48(2,60-50(38-23-13-7-14-24-38,39-25-15-8-16-26-39)40-29-31-41(58-3)32-30-40)54-34-52-44-45(54)53-47(51)55(46(44)57)49(36-19-9-5-10-20-36,37-21-11-6-12-22-37)42-27-17-18-28-43(42)59-4/h5-32,35,52,56H,33-34H2,1-4H3,(H2,51,53). The van der Waals surface area contributed by atoms with E-state index in [1.54, 1.807) is 25.7 Å². The molecule has 10 heteroatoms. The van der Waals surface area contributed by atoms with Crippen LogP contribution in [0.25, 0.3) is 0 Å². The van der Waals surface area contributed by atoms with Crippen LogP contribution in [-0.2, 0) is 15.9 Å². The molecule has 60 heavy (non-hydrogen) atoms. The molecule has 2 atom stereocenters. The first-order valence-electron chi connectivity index (χ1n) is 20.0. The molecule has 0 fully saturated rings. The number of anilines is 3. The molecule has 2 heterocycles. The number of para-hydroxylation sites is 1. The molecule has 10 nitrogen and oxygen atoms in total. The SMILES string of the molecule is COc1ccc(C(OC(C)(CC(C)O)N2CNc3c2nc(N)n(C(c2ccccc2)(c2ccccc2)c2ccccc2OC)c3=O)(c2ccccc2)c2ccccc2)cc1. The Bertz CT molecular complexity index is 2530. The first-order chi connectivity index (χ1) is 29.2. The van der Waals surface area contributed by atoms with E-state index >= 15 is 4.79 Å². The lowest BCUT2D eigenvalue weighted by atomic mass is 9.76. The minimum Gasteiger partial charge on any atom is -0.497 e. The lowest BCUT2D eigenvalue weighted by molar-refractivity contribution is -0.129. The van der Waals surface area contributed by atoms with Gasteiger partial charge in [0.25, 0.3) is 5.56 Å². The summed E-state index contributed by atoms with van der Waals surface area (Å²) in [5.74, 6) is 1.54. The van der Waals surface area contributed by atoms with Crippen molar-refractivity contribution >= 4 is 17.5 Å². The van der Waals surface area contributed by atoms with Crippen molar-refractivity contribution in [2.45, 2.75) is 43.2 Å². The highest BCUT2D eigenvalue weighted by molar-refractivity contribution is 5.73. The first kappa shape index (κ1) is 39.9. The van der Waals surface area contributed by atoms with Gasteiger partial charge in [0.15, 0.2) is 5.82 Å². The molecular weight excluding hydrogens is 751 g/mol. The van der Waals surface area contributed by atoms with Crippen molar-refractivity contribution in [1.29, 1.82) is 0 Å². The van der Waals surface area contributed by atoms with Crippen molar-refractivity contribution < 1.29 is 19.3 Å². The Hall–Kier alpha value is -6.88. The van der Waals surface area contributed by atoms with Crippen LogP contribution in [0.3, 0.4) is 0 Å². The third-order valence-electron chi connectivity index (χ3n) is 11.5. The number of nitrogens with two attached hydrogens (primary N) is 1. The monoisotopic (exact) mass is 799 g/mol. The third kappa shape index (κ3) is 6.73. The zero-order valence-electron chi connectivity index (χ0n) is 34.2. The summed E-state index contributed by atoms with van der Waals surface area (Å²) in [4.78, 5) is 22.6. The molecule has 0 aliphatic carbocycles. The van der Waals surface area contributed by atoms with Crippen LogP contribution in [0.2, 0.25) is 0 Å². The molecule has 2 unspecified atom stereocenters. The van der Waals surface area contributed by atoms with Crippen LogP contribution in [-0.4, -0.2) is 47.4 Å². The van der Waals surface area contributed by atoms with Crippen molar-refractivity contribution in [2.24, 2.45) is 0 Å². The van der Waals surface area contributed by atoms with Crippen LogP contribution in [0.5, 0.6) is 11.5 Å². The smallest absolute Gasteiger partial charge is 0.281 e. The van der Waals surface area contributed by atoms with Crippen molar-refractivity contribution in [1.82, 2.24) is 9.55 Å². The molecular formula is C50H49N5O5. The number of aliphatic hydroxyl groups is 1. The third-order valence-corrected chi connectivity index (χ3v) is 11.5. The van der Waals surface area contributed by atoms with Gasteiger partial charge in [0.2, 0.25) is 5.95 Å². The van der Waals surface area contributed by atoms with E-state index in [0.29, 0.717) is 22.9 Å². The van der Waals surface area contributed by atoms with E-state index in [-0.39, 0.29) is 24.7 Å². The van der Waals surface area contributed by atoms with Gasteiger partial charge in [-0.05, 0) is 59.9 Å². The quantitative estimate of drug-likeness (QED) is 0.0932. The molecule has 1 aliphatic rings. The minimum atomic E-state index is -1.32. The number of methoxy groups -OCH3 is 2. The van der Waals surface area contributed by atoms with Gasteiger partial charge in [0.05, 0.1) is 27.0 Å². The number of hydrogen-bond acceptors (Lipinski definition) is 9. The Labute approximate surface area is 350 Å². The van der Waals surface area contributed by atoms with Gasteiger partial charge in [-0.1, -0.05) is 152 Å². The molecule has 4 N–H and O–H groups in total. The minimum absolute atomic E-state index is 0.0296. The fourth-order valence-electron chi connectivity index (χ4n) is 8.92. The Morgan fingerprint density at radius 3 is 1.68 bits per heavy atom. The molecule has 0 saturated carbocycles. The average molecular weight is 800 g/mol. The summed E-state index contributed by atoms with van der Waals surface area (Å²) in [5.41, 5.74) is 7.98. The van der Waals surface area contributed by atoms with Crippen LogP contribution in [0.15, 0.2) is 175 Å². The summed E-state index contributed by atoms with van der Waals surface area (Å²) in [7, 11) is 3.25. The second kappa shape index (κ2) is 16.4. The van der Waals surface area contributed by atoms with Crippen LogP contribution in [0, 0.1) is 0 Å². The van der Waals surface area contributed by atoms with E-state index in [2.05, 4.69) is 5.32 Å². The largest absolute Gasteiger partial charge is 0.497 e. The van der Waals surface area contributed by atoms with Gasteiger partial charge >= 0.3 is 0 Å². The maximum Gasteiger partial charge on any atom is 0.281 e. The fraction of sp³-hybridized carbons (Fsp3) is 0.200. The lowest BCUT2D eigenvalue weighted by Crippen LogP contribution is -2.55. The number of nitrogens with zero attached hydrogens (tertiary/aromatic N) is 3. The van der Waals surface area contributed by atoms with E-state index in [1.165, 1.54) is 0 Å². The predicted molar refractivity (Wildman–Crippen MR) is 237 cm³/mol. The number of fused-ring (bicyclic) bond motifs is 1. The van der Waals surface area contributed by atoms with E-state index in [0.717, 1.165) is 27.8 Å². The second-order valence-electron chi connectivity index (χ2n) is 15.2. The normalized spacial score (nSPS) is 14.1. The highest BCUT2D eigenvalue weighted by Gasteiger charge is 2.51. The van der Waals surface area contributed by atoms with Crippen molar-refractivity contribution in [2.75, 3.05) is 36.8 Å². The van der Waals surface area contributed by atoms with Gasteiger partial charge in [-0.3, -0.25) is 9.36 Å². The first-order valence-corrected chi connectivity index (χ1v) is 20.0. The maximum atomic E-state index is 15.6. The summed E-state index contributed by atoms with van der Waals surface area (Å²) in [6.45, 7) is 3.79. The number of hydrogen-bond donors (Lipinski definition) is 3. The van der Waals surface area contributed by atoms with Crippen LogP contribution in [0.4, 0.5) is 17.5 Å². The fourth-order valence-corrected chi connectivity index (χ4v) is 8.92. The van der Waals surface area contributed by atoms with Crippen molar-refractivity contribution in [3.63, 3.8) is 0 Å². The summed E-state index contributed by atoms with van der Waals surface area (Å²) in [6, 6.07) is 55.1. The average Bonchev–Trinajstić information content (AvgIpc) is 3.73. The van der Waals surface area contributed by atoms with Gasteiger partial charge in [-0.25, -0.2) is 0 Å². The summed E-state index contributed by atoms with van der Waals surface area (Å²) < 4.78 is 20.8. The van der Waals surface area contributed by atoms with E-state index in [1.807, 2.05) is 182 Å². The van der Waals surface area contributed by atoms with Gasteiger partial charge < -0.3 is 35.3 Å². The maximum absolute atomic E-state index is 15.6. The number of nitrogen functional groups attached to an aromatic ring is 1. The summed E-state index contributed by atoms with van der Waals surface area (Å²) >= 11 is 0. The second-order valence-corrected chi connectivity index (χ2v) is 15.2. The van der Waals surface area contributed by atoms with Gasteiger partial charge in [0, 0.05) is 12.0 Å². The molecule has 8 rings (SSSR count). The van der Waals surface area contributed by atoms with Crippen LogP contribution in [0.1, 0.15) is 53.6 Å². The Kier molecular flexibility index (Phi) is 10.9. The zero-order valence-corrected chi connectivity index (χ0v) is 34.2. The molecule has 6 aromatic carbocycles. The topological polar surface area (TPSA) is 124 Å². The van der Waals surface area contributed by atoms with Crippen molar-refractivity contribution in [3.8, 4) is 11.5 Å². The molecule has 0 radical (unpaired) electrons. The number of nitrogens with one attached hydrogen (secondary N) is 1. The number of aliphatic hydroxyl groups excluding tert-OH is 1. The van der Waals surface area contributed by atoms with Crippen LogP contribution >= 0.6 is 0 Å². The van der Waals surface area contributed by atoms with Gasteiger partial charge in [-0.15, -0.1) is 0 Å². The highest BCUT2D eigenvalue weighted by atomic mass is 16.5. The number of benzene rings is 6. The molecule has 0 amide bonds. The number of ether oxygens (including phenoxy) is 3. The summed E-state index contributed by atoms with van der Waals surface area (Å²) in [5, 5.41) is 14.7. The van der Waals surface area contributed by atoms with Crippen molar-refractivity contribution in [3.05, 3.63) is 214 Å². The summed E-state index contributed by atoms with van der Waals surface area (Å²) in [6.07, 6.45) is -0.693.